The van der Waals surface area contributed by atoms with Gasteiger partial charge in [-0.2, -0.15) is 0 Å². The normalized spacial score (nSPS) is 17.2. The number of aliphatic hydroxyl groups excluding tert-OH is 1. The Balaban J connectivity index is 1.49. The van der Waals surface area contributed by atoms with Gasteiger partial charge in [0.2, 0.25) is 0 Å². The fourth-order valence-corrected chi connectivity index (χ4v) is 3.78. The zero-order valence-corrected chi connectivity index (χ0v) is 14.3. The van der Waals surface area contributed by atoms with Crippen molar-refractivity contribution >= 4 is 17.0 Å². The highest BCUT2D eigenvalue weighted by atomic mass is 32.1. The zero-order valence-electron chi connectivity index (χ0n) is 13.5. The number of nitrogens with zero attached hydrogens (tertiary/aromatic N) is 2. The lowest BCUT2D eigenvalue weighted by Crippen LogP contribution is -2.46. The van der Waals surface area contributed by atoms with Crippen LogP contribution in [0, 0.1) is 0 Å². The van der Waals surface area contributed by atoms with Gasteiger partial charge in [-0.05, 0) is 30.0 Å². The number of anilines is 1. The topological polar surface area (TPSA) is 35.9 Å². The van der Waals surface area contributed by atoms with Crippen molar-refractivity contribution in [2.75, 3.05) is 44.7 Å². The number of thiophene rings is 1. The summed E-state index contributed by atoms with van der Waals surface area (Å²) in [4.78, 5) is 5.88. The van der Waals surface area contributed by atoms with E-state index >= 15 is 0 Å². The number of aliphatic hydroxyl groups is 1. The molecule has 1 unspecified atom stereocenters. The van der Waals surface area contributed by atoms with Crippen LogP contribution in [0.1, 0.15) is 17.4 Å². The first kappa shape index (κ1) is 16.3. The highest BCUT2D eigenvalue weighted by molar-refractivity contribution is 7.10. The van der Waals surface area contributed by atoms with E-state index in [4.69, 9.17) is 4.74 Å². The van der Waals surface area contributed by atoms with Crippen LogP contribution in [-0.2, 0) is 0 Å². The molecule has 0 bridgehead atoms. The molecule has 4 nitrogen and oxygen atoms in total. The van der Waals surface area contributed by atoms with Crippen molar-refractivity contribution in [1.82, 2.24) is 4.90 Å². The van der Waals surface area contributed by atoms with Gasteiger partial charge in [0, 0.05) is 37.6 Å². The van der Waals surface area contributed by atoms with Crippen molar-refractivity contribution in [1.29, 1.82) is 0 Å². The van der Waals surface area contributed by atoms with Gasteiger partial charge in [0.1, 0.15) is 5.75 Å². The number of ether oxygens (including phenoxy) is 1. The molecule has 23 heavy (non-hydrogen) atoms. The lowest BCUT2D eigenvalue weighted by molar-refractivity contribution is 0.142. The van der Waals surface area contributed by atoms with E-state index in [0.29, 0.717) is 0 Å². The smallest absolute Gasteiger partial charge is 0.142 e. The fourth-order valence-electron chi connectivity index (χ4n) is 3.03. The van der Waals surface area contributed by atoms with Crippen LogP contribution in [0.2, 0.25) is 0 Å². The van der Waals surface area contributed by atoms with Crippen molar-refractivity contribution < 1.29 is 9.84 Å². The summed E-state index contributed by atoms with van der Waals surface area (Å²) >= 11 is 1.63. The van der Waals surface area contributed by atoms with E-state index in [9.17, 15) is 5.11 Å². The molecule has 1 atom stereocenters. The van der Waals surface area contributed by atoms with Crippen LogP contribution in [0.3, 0.4) is 0 Å². The molecule has 1 aliphatic rings. The highest BCUT2D eigenvalue weighted by Crippen LogP contribution is 2.28. The molecular weight excluding hydrogens is 308 g/mol. The summed E-state index contributed by atoms with van der Waals surface area (Å²) in [5, 5.41) is 12.2. The second-order valence-electron chi connectivity index (χ2n) is 5.82. The predicted octanol–water partition coefficient (Wildman–Crippen LogP) is 3.00. The average Bonchev–Trinajstić information content (AvgIpc) is 3.15. The molecule has 124 valence electrons. The van der Waals surface area contributed by atoms with Gasteiger partial charge in [-0.15, -0.1) is 11.3 Å². The highest BCUT2D eigenvalue weighted by Gasteiger charge is 2.20. The van der Waals surface area contributed by atoms with Crippen molar-refractivity contribution in [3.8, 4) is 5.75 Å². The van der Waals surface area contributed by atoms with E-state index < -0.39 is 0 Å². The summed E-state index contributed by atoms with van der Waals surface area (Å²) in [6.45, 7) is 4.98. The number of benzene rings is 1. The third-order valence-electron chi connectivity index (χ3n) is 4.39. The summed E-state index contributed by atoms with van der Waals surface area (Å²) in [6, 6.07) is 12.2. The lowest BCUT2D eigenvalue weighted by atomic mass is 10.2. The Bertz CT molecular complexity index is 595. The van der Waals surface area contributed by atoms with Crippen molar-refractivity contribution in [3.63, 3.8) is 0 Å². The molecule has 5 heteroatoms. The number of rotatable bonds is 6. The lowest BCUT2D eigenvalue weighted by Gasteiger charge is -2.36. The van der Waals surface area contributed by atoms with Gasteiger partial charge in [0.15, 0.2) is 0 Å². The molecule has 0 radical (unpaired) electrons. The second-order valence-corrected chi connectivity index (χ2v) is 6.80. The van der Waals surface area contributed by atoms with Crippen molar-refractivity contribution in [3.05, 3.63) is 46.7 Å². The summed E-state index contributed by atoms with van der Waals surface area (Å²) in [5.41, 5.74) is 1.17. The van der Waals surface area contributed by atoms with Crippen LogP contribution in [0.25, 0.3) is 0 Å². The maximum Gasteiger partial charge on any atom is 0.142 e. The molecular formula is C18H24N2O2S. The molecule has 1 aromatic heterocycles. The molecule has 2 aromatic rings. The average molecular weight is 332 g/mol. The Morgan fingerprint density at radius 3 is 2.61 bits per heavy atom. The van der Waals surface area contributed by atoms with Crippen LogP contribution in [0.4, 0.5) is 5.69 Å². The Morgan fingerprint density at radius 2 is 1.91 bits per heavy atom. The van der Waals surface area contributed by atoms with Crippen molar-refractivity contribution in [2.45, 2.75) is 12.5 Å². The van der Waals surface area contributed by atoms with Gasteiger partial charge < -0.3 is 14.7 Å². The number of methoxy groups -OCH3 is 1. The third kappa shape index (κ3) is 4.05. The Hall–Kier alpha value is -1.56. The summed E-state index contributed by atoms with van der Waals surface area (Å²) in [7, 11) is 1.72. The molecule has 3 rings (SSSR count). The quantitative estimate of drug-likeness (QED) is 0.882. The largest absolute Gasteiger partial charge is 0.495 e. The predicted molar refractivity (Wildman–Crippen MR) is 95.5 cm³/mol. The zero-order chi connectivity index (χ0) is 16.1. The van der Waals surface area contributed by atoms with Gasteiger partial charge >= 0.3 is 0 Å². The maximum atomic E-state index is 10.2. The minimum Gasteiger partial charge on any atom is -0.495 e. The number of hydrogen-bond donors (Lipinski definition) is 1. The Labute approximate surface area is 141 Å². The molecule has 2 heterocycles. The van der Waals surface area contributed by atoms with E-state index in [-0.39, 0.29) is 6.10 Å². The first-order valence-electron chi connectivity index (χ1n) is 8.09. The van der Waals surface area contributed by atoms with Gasteiger partial charge in [-0.1, -0.05) is 18.2 Å². The second kappa shape index (κ2) is 7.81. The maximum absolute atomic E-state index is 10.2. The first-order chi connectivity index (χ1) is 11.3. The summed E-state index contributed by atoms with van der Waals surface area (Å²) in [6.07, 6.45) is 0.470. The van der Waals surface area contributed by atoms with Gasteiger partial charge in [-0.25, -0.2) is 0 Å². The van der Waals surface area contributed by atoms with Gasteiger partial charge in [0.05, 0.1) is 18.9 Å². The molecule has 1 aliphatic heterocycles. The van der Waals surface area contributed by atoms with Crippen LogP contribution in [-0.4, -0.2) is 49.8 Å². The van der Waals surface area contributed by atoms with Crippen LogP contribution in [0.5, 0.6) is 5.75 Å². The SMILES string of the molecule is COc1ccccc1N1CCN(CCC(O)c2cccs2)CC1. The number of para-hydroxylation sites is 2. The molecule has 0 spiro atoms. The van der Waals surface area contributed by atoms with Gasteiger partial charge in [-0.3, -0.25) is 4.90 Å². The van der Waals surface area contributed by atoms with Crippen molar-refractivity contribution in [2.24, 2.45) is 0 Å². The minimum absolute atomic E-state index is 0.331. The van der Waals surface area contributed by atoms with E-state index in [0.717, 1.165) is 49.8 Å². The van der Waals surface area contributed by atoms with Crippen LogP contribution >= 0.6 is 11.3 Å². The van der Waals surface area contributed by atoms with Gasteiger partial charge in [0.25, 0.3) is 0 Å². The van der Waals surface area contributed by atoms with E-state index in [1.807, 2.05) is 29.6 Å². The summed E-state index contributed by atoms with van der Waals surface area (Å²) in [5.74, 6) is 0.939. The molecule has 0 amide bonds. The molecule has 1 fully saturated rings. The van der Waals surface area contributed by atoms with Crippen LogP contribution < -0.4 is 9.64 Å². The molecule has 1 aromatic carbocycles. The van der Waals surface area contributed by atoms with Crippen LogP contribution in [0.15, 0.2) is 41.8 Å². The first-order valence-corrected chi connectivity index (χ1v) is 8.97. The Morgan fingerprint density at radius 1 is 1.13 bits per heavy atom. The molecule has 0 saturated carbocycles. The monoisotopic (exact) mass is 332 g/mol. The van der Waals surface area contributed by atoms with E-state index in [1.54, 1.807) is 18.4 Å². The standard InChI is InChI=1S/C18H24N2O2S/c1-22-17-6-3-2-5-15(17)20-12-10-19(11-13-20)9-8-16(21)18-7-4-14-23-18/h2-7,14,16,21H,8-13H2,1H3. The minimum atomic E-state index is -0.331. The molecule has 0 aliphatic carbocycles. The number of hydrogen-bond acceptors (Lipinski definition) is 5. The van der Waals surface area contributed by atoms with E-state index in [1.165, 1.54) is 5.69 Å². The number of piperazine rings is 1. The molecule has 1 N–H and O–H groups in total. The molecule has 1 saturated heterocycles. The Kier molecular flexibility index (Phi) is 5.54. The van der Waals surface area contributed by atoms with E-state index in [2.05, 4.69) is 21.9 Å². The fraction of sp³-hybridized carbons (Fsp3) is 0.444. The third-order valence-corrected chi connectivity index (χ3v) is 5.36. The summed E-state index contributed by atoms with van der Waals surface area (Å²) < 4.78 is 5.46.